The number of fused-ring (bicyclic) bond motifs is 1. The van der Waals surface area contributed by atoms with Gasteiger partial charge in [-0.2, -0.15) is 0 Å². The zero-order chi connectivity index (χ0) is 22.2. The van der Waals surface area contributed by atoms with Crippen molar-refractivity contribution in [2.24, 2.45) is 0 Å². The Morgan fingerprint density at radius 3 is 2.55 bits per heavy atom. The van der Waals surface area contributed by atoms with E-state index in [2.05, 4.69) is 15.3 Å². The standard InChI is InChI=1S/C22H16Cl2FN3O2S/c1-31(29,30)12-15-8-14(11-27-22(15)24)13-2-5-20-17(9-13)21(6-7-26-20)28-16-3-4-19(25)18(23)10-16/h2-11H,12H2,1H3,(H,26,28). The van der Waals surface area contributed by atoms with Crippen LogP contribution in [0, 0.1) is 5.82 Å². The molecular weight excluding hydrogens is 460 g/mol. The van der Waals surface area contributed by atoms with Crippen LogP contribution in [0.1, 0.15) is 5.56 Å². The highest BCUT2D eigenvalue weighted by Crippen LogP contribution is 2.32. The quantitative estimate of drug-likeness (QED) is 0.356. The van der Waals surface area contributed by atoms with Crippen molar-refractivity contribution in [3.63, 3.8) is 0 Å². The lowest BCUT2D eigenvalue weighted by Crippen LogP contribution is -2.02. The number of aromatic nitrogens is 2. The molecule has 0 atom stereocenters. The summed E-state index contributed by atoms with van der Waals surface area (Å²) >= 11 is 12.0. The number of anilines is 2. The maximum Gasteiger partial charge on any atom is 0.151 e. The van der Waals surface area contributed by atoms with E-state index in [0.717, 1.165) is 34.0 Å². The van der Waals surface area contributed by atoms with Gasteiger partial charge < -0.3 is 5.32 Å². The SMILES string of the molecule is CS(=O)(=O)Cc1cc(-c2ccc3nccc(Nc4ccc(F)c(Cl)c4)c3c2)cnc1Cl. The van der Waals surface area contributed by atoms with Crippen molar-refractivity contribution < 1.29 is 12.8 Å². The zero-order valence-electron chi connectivity index (χ0n) is 16.2. The van der Waals surface area contributed by atoms with Crippen molar-refractivity contribution in [3.05, 3.63) is 82.5 Å². The van der Waals surface area contributed by atoms with Gasteiger partial charge in [0.2, 0.25) is 0 Å². The molecule has 2 heterocycles. The summed E-state index contributed by atoms with van der Waals surface area (Å²) < 4.78 is 36.9. The zero-order valence-corrected chi connectivity index (χ0v) is 18.6. The summed E-state index contributed by atoms with van der Waals surface area (Å²) in [4.78, 5) is 8.54. The summed E-state index contributed by atoms with van der Waals surface area (Å²) in [5.41, 5.74) is 4.12. The van der Waals surface area contributed by atoms with Gasteiger partial charge in [-0.1, -0.05) is 29.3 Å². The third-order valence-electron chi connectivity index (χ3n) is 4.60. The first-order valence-electron chi connectivity index (χ1n) is 9.13. The van der Waals surface area contributed by atoms with E-state index < -0.39 is 15.7 Å². The van der Waals surface area contributed by atoms with Crippen LogP contribution in [-0.4, -0.2) is 24.6 Å². The lowest BCUT2D eigenvalue weighted by molar-refractivity contribution is 0.601. The van der Waals surface area contributed by atoms with E-state index in [0.29, 0.717) is 11.3 Å². The largest absolute Gasteiger partial charge is 0.355 e. The van der Waals surface area contributed by atoms with Crippen LogP contribution in [0.3, 0.4) is 0 Å². The highest BCUT2D eigenvalue weighted by Gasteiger charge is 2.13. The molecule has 0 amide bonds. The number of hydrogen-bond acceptors (Lipinski definition) is 5. The van der Waals surface area contributed by atoms with Crippen molar-refractivity contribution in [3.8, 4) is 11.1 Å². The highest BCUT2D eigenvalue weighted by atomic mass is 35.5. The van der Waals surface area contributed by atoms with Gasteiger partial charge in [-0.15, -0.1) is 0 Å². The van der Waals surface area contributed by atoms with Crippen molar-refractivity contribution in [1.82, 2.24) is 9.97 Å². The Hall–Kier alpha value is -2.74. The molecule has 9 heteroatoms. The molecule has 0 radical (unpaired) electrons. The summed E-state index contributed by atoms with van der Waals surface area (Å²) in [6, 6.07) is 13.6. The molecule has 0 saturated heterocycles. The molecule has 2 aromatic heterocycles. The van der Waals surface area contributed by atoms with E-state index in [9.17, 15) is 12.8 Å². The summed E-state index contributed by atoms with van der Waals surface area (Å²) in [5.74, 6) is -0.686. The Kier molecular flexibility index (Phi) is 5.83. The van der Waals surface area contributed by atoms with E-state index in [1.54, 1.807) is 30.6 Å². The molecule has 0 bridgehead atoms. The molecule has 0 aliphatic heterocycles. The Morgan fingerprint density at radius 2 is 1.81 bits per heavy atom. The molecule has 31 heavy (non-hydrogen) atoms. The second-order valence-corrected chi connectivity index (χ2v) is 9.99. The summed E-state index contributed by atoms with van der Waals surface area (Å²) in [7, 11) is -3.26. The van der Waals surface area contributed by atoms with Gasteiger partial charge >= 0.3 is 0 Å². The van der Waals surface area contributed by atoms with Crippen LogP contribution in [0.5, 0.6) is 0 Å². The molecule has 4 aromatic rings. The van der Waals surface area contributed by atoms with E-state index in [1.165, 1.54) is 12.1 Å². The number of rotatable bonds is 5. The molecule has 5 nitrogen and oxygen atoms in total. The molecule has 2 aromatic carbocycles. The predicted molar refractivity (Wildman–Crippen MR) is 123 cm³/mol. The van der Waals surface area contributed by atoms with Crippen LogP contribution in [0.2, 0.25) is 10.2 Å². The lowest BCUT2D eigenvalue weighted by atomic mass is 10.0. The first-order chi connectivity index (χ1) is 14.7. The number of pyridine rings is 2. The Labute approximate surface area is 188 Å². The Balaban J connectivity index is 1.76. The molecule has 0 saturated carbocycles. The maximum absolute atomic E-state index is 13.5. The number of nitrogens with one attached hydrogen (secondary N) is 1. The number of nitrogens with zero attached hydrogens (tertiary/aromatic N) is 2. The first-order valence-corrected chi connectivity index (χ1v) is 11.9. The molecule has 1 N–H and O–H groups in total. The van der Waals surface area contributed by atoms with Gasteiger partial charge in [0.1, 0.15) is 11.0 Å². The molecule has 0 fully saturated rings. The lowest BCUT2D eigenvalue weighted by Gasteiger charge is -2.12. The number of sulfone groups is 1. The number of hydrogen-bond donors (Lipinski definition) is 1. The monoisotopic (exact) mass is 475 g/mol. The fourth-order valence-electron chi connectivity index (χ4n) is 3.20. The van der Waals surface area contributed by atoms with Gasteiger partial charge in [-0.05, 0) is 48.0 Å². The van der Waals surface area contributed by atoms with Crippen LogP contribution in [0.25, 0.3) is 22.0 Å². The van der Waals surface area contributed by atoms with Gasteiger partial charge in [0.15, 0.2) is 9.84 Å². The van der Waals surface area contributed by atoms with Gasteiger partial charge in [-0.25, -0.2) is 17.8 Å². The predicted octanol–water partition coefficient (Wildman–Crippen LogP) is 6.03. The third-order valence-corrected chi connectivity index (χ3v) is 6.07. The van der Waals surface area contributed by atoms with E-state index in [4.69, 9.17) is 23.2 Å². The molecule has 0 aliphatic carbocycles. The smallest absolute Gasteiger partial charge is 0.151 e. The minimum atomic E-state index is -3.26. The summed E-state index contributed by atoms with van der Waals surface area (Å²) in [6.07, 6.45) is 4.42. The molecule has 0 spiro atoms. The fourth-order valence-corrected chi connectivity index (χ4v) is 4.41. The summed E-state index contributed by atoms with van der Waals surface area (Å²) in [5, 5.41) is 4.24. The second kappa shape index (κ2) is 8.42. The van der Waals surface area contributed by atoms with Crippen molar-refractivity contribution in [2.75, 3.05) is 11.6 Å². The average Bonchev–Trinajstić information content (AvgIpc) is 2.71. The first kappa shape index (κ1) is 21.5. The molecular formula is C22H16Cl2FN3O2S. The summed E-state index contributed by atoms with van der Waals surface area (Å²) in [6.45, 7) is 0. The van der Waals surface area contributed by atoms with Crippen molar-refractivity contribution >= 4 is 55.3 Å². The molecule has 0 aliphatic rings. The van der Waals surface area contributed by atoms with Crippen LogP contribution in [0.4, 0.5) is 15.8 Å². The van der Waals surface area contributed by atoms with Crippen LogP contribution >= 0.6 is 23.2 Å². The Bertz CT molecular complexity index is 1410. The number of benzene rings is 2. The highest BCUT2D eigenvalue weighted by molar-refractivity contribution is 7.89. The maximum atomic E-state index is 13.5. The molecule has 0 unspecified atom stereocenters. The fraction of sp³-hybridized carbons (Fsp3) is 0.0909. The van der Waals surface area contributed by atoms with E-state index in [-0.39, 0.29) is 15.9 Å². The third kappa shape index (κ3) is 4.95. The minimum Gasteiger partial charge on any atom is -0.355 e. The van der Waals surface area contributed by atoms with Crippen molar-refractivity contribution in [2.45, 2.75) is 5.75 Å². The molecule has 158 valence electrons. The normalized spacial score (nSPS) is 11.6. The second-order valence-electron chi connectivity index (χ2n) is 7.09. The van der Waals surface area contributed by atoms with Crippen LogP contribution in [0.15, 0.2) is 60.9 Å². The van der Waals surface area contributed by atoms with Gasteiger partial charge in [-0.3, -0.25) is 4.98 Å². The number of halogens is 3. The van der Waals surface area contributed by atoms with E-state index in [1.807, 2.05) is 18.2 Å². The van der Waals surface area contributed by atoms with Gasteiger partial charge in [0.05, 0.1) is 16.3 Å². The molecule has 4 rings (SSSR count). The van der Waals surface area contributed by atoms with Crippen LogP contribution in [-0.2, 0) is 15.6 Å². The van der Waals surface area contributed by atoms with Gasteiger partial charge in [0.25, 0.3) is 0 Å². The van der Waals surface area contributed by atoms with Crippen LogP contribution < -0.4 is 5.32 Å². The van der Waals surface area contributed by atoms with E-state index >= 15 is 0 Å². The minimum absolute atomic E-state index is 0.0229. The topological polar surface area (TPSA) is 72.0 Å². The Morgan fingerprint density at radius 1 is 1.00 bits per heavy atom. The van der Waals surface area contributed by atoms with Gasteiger partial charge in [0, 0.05) is 46.5 Å². The van der Waals surface area contributed by atoms with Crippen molar-refractivity contribution in [1.29, 1.82) is 0 Å². The average molecular weight is 476 g/mol.